The van der Waals surface area contributed by atoms with Crippen LogP contribution in [0.2, 0.25) is 0 Å². The number of hydrogen-bond donors (Lipinski definition) is 1. The maximum absolute atomic E-state index is 10.6. The van der Waals surface area contributed by atoms with Gasteiger partial charge >= 0.3 is 5.97 Å². The van der Waals surface area contributed by atoms with Gasteiger partial charge in [-0.3, -0.25) is 0 Å². The molecule has 0 radical (unpaired) electrons. The van der Waals surface area contributed by atoms with Gasteiger partial charge in [0.25, 0.3) is 0 Å². The van der Waals surface area contributed by atoms with Crippen LogP contribution in [0.15, 0.2) is 33.8 Å². The monoisotopic (exact) mass is 344 g/mol. The molecule has 0 saturated carbocycles. The van der Waals surface area contributed by atoms with E-state index in [0.717, 1.165) is 21.7 Å². The molecule has 0 saturated heterocycles. The molecule has 0 aliphatic heterocycles. The summed E-state index contributed by atoms with van der Waals surface area (Å²) in [5, 5.41) is 8.69. The topological polar surface area (TPSA) is 46.5 Å². The third-order valence-corrected chi connectivity index (χ3v) is 3.13. The Bertz CT molecular complexity index is 536. The Hall–Kier alpha value is -1.26. The molecule has 0 spiro atoms. The summed E-state index contributed by atoms with van der Waals surface area (Å²) in [5.74, 6) is -0.348. The van der Waals surface area contributed by atoms with Crippen molar-refractivity contribution < 1.29 is 14.6 Å². The van der Waals surface area contributed by atoms with Gasteiger partial charge in [-0.05, 0) is 43.2 Å². The van der Waals surface area contributed by atoms with Gasteiger partial charge in [0.2, 0.25) is 0 Å². The fourth-order valence-corrected chi connectivity index (χ4v) is 2.11. The third-order valence-electron chi connectivity index (χ3n) is 2.30. The molecule has 3 nitrogen and oxygen atoms in total. The van der Waals surface area contributed by atoms with E-state index in [1.54, 1.807) is 0 Å². The summed E-state index contributed by atoms with van der Waals surface area (Å²) in [6.07, 6.45) is 2.59. The highest BCUT2D eigenvalue weighted by Crippen LogP contribution is 2.29. The predicted molar refractivity (Wildman–Crippen MR) is 80.7 cm³/mol. The minimum Gasteiger partial charge on any atom is -0.488 e. The van der Waals surface area contributed by atoms with E-state index in [0.29, 0.717) is 17.9 Å². The average molecular weight is 346 g/mol. The van der Waals surface area contributed by atoms with E-state index in [1.807, 2.05) is 26.0 Å². The fraction of sp³-hybridized carbons (Fsp3) is 0.214. The van der Waals surface area contributed by atoms with Gasteiger partial charge in [0, 0.05) is 21.6 Å². The highest BCUT2D eigenvalue weighted by molar-refractivity contribution is 9.10. The maximum Gasteiger partial charge on any atom is 0.328 e. The SMILES string of the molecule is C/C(=C/Cl)COc1c(C)cc(Br)cc1/C=C/C(=O)O. The number of halogens is 2. The molecule has 19 heavy (non-hydrogen) atoms. The number of benzene rings is 1. The van der Waals surface area contributed by atoms with Gasteiger partial charge in [0.05, 0.1) is 0 Å². The van der Waals surface area contributed by atoms with E-state index >= 15 is 0 Å². The lowest BCUT2D eigenvalue weighted by Crippen LogP contribution is -2.02. The van der Waals surface area contributed by atoms with E-state index < -0.39 is 5.97 Å². The molecule has 1 rings (SSSR count). The van der Waals surface area contributed by atoms with Crippen LogP contribution in [-0.2, 0) is 4.79 Å². The zero-order chi connectivity index (χ0) is 14.4. The second-order valence-corrected chi connectivity index (χ2v) is 5.19. The molecular formula is C14H14BrClO3. The largest absolute Gasteiger partial charge is 0.488 e. The van der Waals surface area contributed by atoms with Crippen molar-refractivity contribution in [3.05, 3.63) is 44.9 Å². The second-order valence-electron chi connectivity index (χ2n) is 4.06. The first kappa shape index (κ1) is 15.8. The molecule has 1 aromatic carbocycles. The molecule has 5 heteroatoms. The summed E-state index contributed by atoms with van der Waals surface area (Å²) >= 11 is 8.96. The Labute approximate surface area is 125 Å². The standard InChI is InChI=1S/C14H14BrClO3/c1-9(7-16)8-19-14-10(2)5-12(15)6-11(14)3-4-13(17)18/h3-7H,8H2,1-2H3,(H,17,18)/b4-3+,9-7-. The van der Waals surface area contributed by atoms with Crippen LogP contribution in [0.3, 0.4) is 0 Å². The zero-order valence-electron chi connectivity index (χ0n) is 10.6. The summed E-state index contributed by atoms with van der Waals surface area (Å²) < 4.78 is 6.56. The van der Waals surface area contributed by atoms with Gasteiger partial charge in [0.15, 0.2) is 0 Å². The molecule has 0 heterocycles. The van der Waals surface area contributed by atoms with Crippen molar-refractivity contribution in [2.24, 2.45) is 0 Å². The minimum absolute atomic E-state index is 0.361. The molecule has 0 amide bonds. The number of carboxylic acid groups (broad SMARTS) is 1. The van der Waals surface area contributed by atoms with Crippen LogP contribution in [0.25, 0.3) is 6.08 Å². The van der Waals surface area contributed by atoms with Gasteiger partial charge in [-0.1, -0.05) is 27.5 Å². The van der Waals surface area contributed by atoms with E-state index in [2.05, 4.69) is 15.9 Å². The lowest BCUT2D eigenvalue weighted by atomic mass is 10.1. The van der Waals surface area contributed by atoms with Gasteiger partial charge in [-0.15, -0.1) is 0 Å². The van der Waals surface area contributed by atoms with Crippen molar-refractivity contribution in [3.63, 3.8) is 0 Å². The van der Waals surface area contributed by atoms with Crippen LogP contribution in [0.5, 0.6) is 5.75 Å². The minimum atomic E-state index is -1.000. The maximum atomic E-state index is 10.6. The van der Waals surface area contributed by atoms with Crippen LogP contribution < -0.4 is 4.74 Å². The molecule has 1 aromatic rings. The first-order chi connectivity index (χ1) is 8.93. The predicted octanol–water partition coefficient (Wildman–Crippen LogP) is 4.38. The summed E-state index contributed by atoms with van der Waals surface area (Å²) in [5.41, 5.74) is 3.97. The fourth-order valence-electron chi connectivity index (χ4n) is 1.46. The van der Waals surface area contributed by atoms with Gasteiger partial charge < -0.3 is 9.84 Å². The zero-order valence-corrected chi connectivity index (χ0v) is 13.0. The van der Waals surface area contributed by atoms with Crippen LogP contribution >= 0.6 is 27.5 Å². The van der Waals surface area contributed by atoms with Gasteiger partial charge in [0.1, 0.15) is 12.4 Å². The molecule has 0 bridgehead atoms. The molecule has 0 aliphatic carbocycles. The quantitative estimate of drug-likeness (QED) is 0.806. The van der Waals surface area contributed by atoms with E-state index in [1.165, 1.54) is 11.6 Å². The number of aryl methyl sites for hydroxylation is 1. The number of rotatable bonds is 5. The van der Waals surface area contributed by atoms with Crippen molar-refractivity contribution in [3.8, 4) is 5.75 Å². The summed E-state index contributed by atoms with van der Waals surface area (Å²) in [6.45, 7) is 4.12. The van der Waals surface area contributed by atoms with Crippen LogP contribution in [0.1, 0.15) is 18.1 Å². The van der Waals surface area contributed by atoms with Crippen molar-refractivity contribution in [2.45, 2.75) is 13.8 Å². The molecule has 1 N–H and O–H groups in total. The highest BCUT2D eigenvalue weighted by Gasteiger charge is 2.08. The Balaban J connectivity index is 3.09. The third kappa shape index (κ3) is 5.09. The Morgan fingerprint density at radius 1 is 1.53 bits per heavy atom. The number of ether oxygens (including phenoxy) is 1. The number of aliphatic carboxylic acids is 1. The van der Waals surface area contributed by atoms with Crippen molar-refractivity contribution >= 4 is 39.6 Å². The Kier molecular flexibility index (Phi) is 6.12. The summed E-state index contributed by atoms with van der Waals surface area (Å²) in [6, 6.07) is 3.72. The van der Waals surface area contributed by atoms with Gasteiger partial charge in [-0.2, -0.15) is 0 Å². The smallest absolute Gasteiger partial charge is 0.328 e. The number of hydrogen-bond acceptors (Lipinski definition) is 2. The number of carboxylic acids is 1. The Morgan fingerprint density at radius 2 is 2.21 bits per heavy atom. The second kappa shape index (κ2) is 7.36. The molecule has 0 aliphatic rings. The van der Waals surface area contributed by atoms with Crippen LogP contribution in [0.4, 0.5) is 0 Å². The van der Waals surface area contributed by atoms with Crippen LogP contribution in [0, 0.1) is 6.92 Å². The normalized spacial score (nSPS) is 11.9. The van der Waals surface area contributed by atoms with E-state index in [-0.39, 0.29) is 0 Å². The highest BCUT2D eigenvalue weighted by atomic mass is 79.9. The Morgan fingerprint density at radius 3 is 2.79 bits per heavy atom. The first-order valence-electron chi connectivity index (χ1n) is 5.54. The van der Waals surface area contributed by atoms with E-state index in [9.17, 15) is 4.79 Å². The molecular weight excluding hydrogens is 332 g/mol. The summed E-state index contributed by atoms with van der Waals surface area (Å²) in [7, 11) is 0. The lowest BCUT2D eigenvalue weighted by Gasteiger charge is -2.13. The summed E-state index contributed by atoms with van der Waals surface area (Å²) in [4.78, 5) is 10.6. The van der Waals surface area contributed by atoms with Crippen molar-refractivity contribution in [1.29, 1.82) is 0 Å². The first-order valence-corrected chi connectivity index (χ1v) is 6.76. The number of carbonyl (C=O) groups is 1. The van der Waals surface area contributed by atoms with E-state index in [4.69, 9.17) is 21.4 Å². The molecule has 0 unspecified atom stereocenters. The van der Waals surface area contributed by atoms with Crippen molar-refractivity contribution in [2.75, 3.05) is 6.61 Å². The molecule has 0 aromatic heterocycles. The lowest BCUT2D eigenvalue weighted by molar-refractivity contribution is -0.131. The van der Waals surface area contributed by atoms with Gasteiger partial charge in [-0.25, -0.2) is 4.79 Å². The van der Waals surface area contributed by atoms with Crippen LogP contribution in [-0.4, -0.2) is 17.7 Å². The average Bonchev–Trinajstić information content (AvgIpc) is 2.34. The molecule has 0 atom stereocenters. The molecule has 0 fully saturated rings. The molecule has 102 valence electrons. The van der Waals surface area contributed by atoms with Crippen molar-refractivity contribution in [1.82, 2.24) is 0 Å².